The van der Waals surface area contributed by atoms with Gasteiger partial charge in [-0.3, -0.25) is 9.36 Å². The highest BCUT2D eigenvalue weighted by Crippen LogP contribution is 2.38. The first-order chi connectivity index (χ1) is 20.9. The van der Waals surface area contributed by atoms with E-state index in [1.165, 1.54) is 28.4 Å². The van der Waals surface area contributed by atoms with Crippen molar-refractivity contribution in [2.45, 2.75) is 56.9 Å². The van der Waals surface area contributed by atoms with Crippen LogP contribution in [-0.4, -0.2) is 64.8 Å². The fourth-order valence-electron chi connectivity index (χ4n) is 6.00. The molecule has 2 saturated heterocycles. The number of benzene rings is 1. The second-order valence-electron chi connectivity index (χ2n) is 10.8. The van der Waals surface area contributed by atoms with Crippen LogP contribution in [0.4, 0.5) is 0 Å². The summed E-state index contributed by atoms with van der Waals surface area (Å²) in [6, 6.07) is 7.42. The van der Waals surface area contributed by atoms with Crippen LogP contribution >= 0.6 is 11.3 Å². The Bertz CT molecular complexity index is 1730. The van der Waals surface area contributed by atoms with Crippen molar-refractivity contribution in [2.75, 3.05) is 33.5 Å². The molecule has 1 N–H and O–H groups in total. The van der Waals surface area contributed by atoms with Gasteiger partial charge < -0.3 is 28.5 Å². The second-order valence-corrected chi connectivity index (χ2v) is 11.8. The first kappa shape index (κ1) is 29.3. The molecule has 0 aliphatic carbocycles. The molecular formula is C30H33N3O9S. The van der Waals surface area contributed by atoms with Crippen molar-refractivity contribution < 1.29 is 33.3 Å². The maximum Gasteiger partial charge on any atom is 0.333 e. The predicted octanol–water partition coefficient (Wildman–Crippen LogP) is 3.72. The van der Waals surface area contributed by atoms with Crippen LogP contribution in [-0.2, 0) is 31.1 Å². The first-order valence-corrected chi connectivity index (χ1v) is 15.0. The number of para-hydroxylation sites is 1. The highest BCUT2D eigenvalue weighted by Gasteiger charge is 2.46. The minimum Gasteiger partial charge on any atom is -0.496 e. The molecule has 0 bridgehead atoms. The molecule has 5 heterocycles. The number of ether oxygens (including phenoxy) is 4. The third-order valence-corrected chi connectivity index (χ3v) is 9.55. The van der Waals surface area contributed by atoms with Crippen molar-refractivity contribution in [3.05, 3.63) is 68.7 Å². The third-order valence-electron chi connectivity index (χ3n) is 8.24. The van der Waals surface area contributed by atoms with Gasteiger partial charge in [0.2, 0.25) is 5.89 Å². The van der Waals surface area contributed by atoms with Gasteiger partial charge in [-0.15, -0.1) is 11.3 Å². The molecule has 43 heavy (non-hydrogen) atoms. The lowest BCUT2D eigenvalue weighted by molar-refractivity contribution is -0.155. The zero-order chi connectivity index (χ0) is 30.1. The van der Waals surface area contributed by atoms with Gasteiger partial charge in [0.25, 0.3) is 5.56 Å². The molecule has 0 spiro atoms. The average molecular weight is 612 g/mol. The number of carboxylic acids is 1. The molecule has 1 unspecified atom stereocenters. The Morgan fingerprint density at radius 2 is 2.00 bits per heavy atom. The van der Waals surface area contributed by atoms with Crippen molar-refractivity contribution >= 4 is 27.5 Å². The van der Waals surface area contributed by atoms with Crippen molar-refractivity contribution in [3.63, 3.8) is 0 Å². The molecule has 12 nitrogen and oxygen atoms in total. The molecule has 6 rings (SSSR count). The SMILES string of the molecule is COc1ccccc1[C@H](Cn1c(=O)n(C2(C(=O)O)CCCOC2)c(=O)c2c(C)c(-c3ncco3)sc21)OC1CCOCC1. The molecule has 1 aromatic carbocycles. The summed E-state index contributed by atoms with van der Waals surface area (Å²) in [5, 5.41) is 10.7. The number of methoxy groups -OCH3 is 1. The summed E-state index contributed by atoms with van der Waals surface area (Å²) in [7, 11) is 1.57. The van der Waals surface area contributed by atoms with Crippen molar-refractivity contribution in [2.24, 2.45) is 0 Å². The Morgan fingerprint density at radius 1 is 1.21 bits per heavy atom. The van der Waals surface area contributed by atoms with E-state index in [-0.39, 0.29) is 31.1 Å². The average Bonchev–Trinajstić information content (AvgIpc) is 3.68. The normalized spacial score (nSPS) is 20.3. The van der Waals surface area contributed by atoms with E-state index in [4.69, 9.17) is 23.4 Å². The van der Waals surface area contributed by atoms with Crippen LogP contribution in [0.2, 0.25) is 0 Å². The van der Waals surface area contributed by atoms with Crippen LogP contribution in [0.25, 0.3) is 21.0 Å². The zero-order valence-corrected chi connectivity index (χ0v) is 24.8. The van der Waals surface area contributed by atoms with Gasteiger partial charge in [-0.05, 0) is 44.2 Å². The molecule has 2 aliphatic rings. The fraction of sp³-hybridized carbons (Fsp3) is 0.467. The van der Waals surface area contributed by atoms with Crippen LogP contribution < -0.4 is 16.0 Å². The molecule has 2 aliphatic heterocycles. The summed E-state index contributed by atoms with van der Waals surface area (Å²) in [5.74, 6) is -0.405. The van der Waals surface area contributed by atoms with Gasteiger partial charge in [0.15, 0.2) is 5.54 Å². The van der Waals surface area contributed by atoms with Gasteiger partial charge >= 0.3 is 11.7 Å². The monoisotopic (exact) mass is 611 g/mol. The Kier molecular flexibility index (Phi) is 8.23. The number of nitrogens with zero attached hydrogens (tertiary/aromatic N) is 3. The van der Waals surface area contributed by atoms with Crippen LogP contribution in [0.3, 0.4) is 0 Å². The largest absolute Gasteiger partial charge is 0.496 e. The molecule has 2 atom stereocenters. The molecule has 228 valence electrons. The fourth-order valence-corrected chi connectivity index (χ4v) is 7.24. The summed E-state index contributed by atoms with van der Waals surface area (Å²) in [6.45, 7) is 2.91. The minimum absolute atomic E-state index is 0.00508. The number of rotatable bonds is 9. The summed E-state index contributed by atoms with van der Waals surface area (Å²) >= 11 is 1.20. The Balaban J connectivity index is 1.60. The number of thiophene rings is 1. The number of oxazole rings is 1. The smallest absolute Gasteiger partial charge is 0.333 e. The third kappa shape index (κ3) is 5.20. The number of hydrogen-bond acceptors (Lipinski definition) is 10. The molecular weight excluding hydrogens is 578 g/mol. The lowest BCUT2D eigenvalue weighted by Gasteiger charge is -2.35. The van der Waals surface area contributed by atoms with Gasteiger partial charge in [0, 0.05) is 25.4 Å². The van der Waals surface area contributed by atoms with Crippen LogP contribution in [0.1, 0.15) is 42.9 Å². The lowest BCUT2D eigenvalue weighted by atomic mass is 9.92. The van der Waals surface area contributed by atoms with Crippen LogP contribution in [0.15, 0.2) is 50.7 Å². The van der Waals surface area contributed by atoms with E-state index in [0.717, 1.165) is 10.1 Å². The molecule has 2 fully saturated rings. The van der Waals surface area contributed by atoms with Gasteiger partial charge in [-0.2, -0.15) is 0 Å². The topological polar surface area (TPSA) is 144 Å². The van der Waals surface area contributed by atoms with E-state index in [9.17, 15) is 19.5 Å². The first-order valence-electron chi connectivity index (χ1n) is 14.2. The van der Waals surface area contributed by atoms with E-state index < -0.39 is 28.9 Å². The maximum absolute atomic E-state index is 14.5. The Labute approximate surface area is 250 Å². The van der Waals surface area contributed by atoms with Gasteiger partial charge in [-0.25, -0.2) is 19.1 Å². The van der Waals surface area contributed by atoms with E-state index in [1.54, 1.807) is 14.0 Å². The maximum atomic E-state index is 14.5. The van der Waals surface area contributed by atoms with Gasteiger partial charge in [-0.1, -0.05) is 18.2 Å². The second kappa shape index (κ2) is 12.1. The summed E-state index contributed by atoms with van der Waals surface area (Å²) in [6.07, 6.45) is 3.96. The number of carboxylic acid groups (broad SMARTS) is 1. The number of carbonyl (C=O) groups is 1. The van der Waals surface area contributed by atoms with Gasteiger partial charge in [0.1, 0.15) is 22.9 Å². The van der Waals surface area contributed by atoms with Crippen LogP contribution in [0.5, 0.6) is 5.75 Å². The van der Waals surface area contributed by atoms with Crippen molar-refractivity contribution in [1.82, 2.24) is 14.1 Å². The van der Waals surface area contributed by atoms with E-state index in [1.807, 2.05) is 24.3 Å². The highest BCUT2D eigenvalue weighted by atomic mass is 32.1. The zero-order valence-electron chi connectivity index (χ0n) is 23.9. The highest BCUT2D eigenvalue weighted by molar-refractivity contribution is 7.22. The van der Waals surface area contributed by atoms with Crippen LogP contribution in [0, 0.1) is 6.92 Å². The molecule has 13 heteroatoms. The summed E-state index contributed by atoms with van der Waals surface area (Å²) < 4.78 is 31.3. The molecule has 3 aromatic heterocycles. The predicted molar refractivity (Wildman–Crippen MR) is 157 cm³/mol. The summed E-state index contributed by atoms with van der Waals surface area (Å²) in [4.78, 5) is 46.8. The number of hydrogen-bond donors (Lipinski definition) is 1. The standard InChI is InChI=1S/C30H33N3O9S/c1-18-23-26(34)33(30(28(35)36)10-5-12-40-17-30)29(37)32(27(23)43-24(18)25-31-11-15-41-25)16-22(42-19-8-13-39-14-9-19)20-6-3-4-7-21(20)38-2/h3-4,6-7,11,15,19,22H,5,8-10,12-14,16-17H2,1-2H3,(H,35,36)/t22-,30?/m0/s1. The Morgan fingerprint density at radius 3 is 2.67 bits per heavy atom. The number of fused-ring (bicyclic) bond motifs is 1. The van der Waals surface area contributed by atoms with E-state index in [0.29, 0.717) is 66.0 Å². The number of aliphatic carboxylic acids is 1. The van der Waals surface area contributed by atoms with Gasteiger partial charge in [0.05, 0.1) is 42.8 Å². The molecule has 4 aromatic rings. The molecule has 0 saturated carbocycles. The molecule has 0 amide bonds. The Hall–Kier alpha value is -3.78. The minimum atomic E-state index is -1.86. The quantitative estimate of drug-likeness (QED) is 0.297. The summed E-state index contributed by atoms with van der Waals surface area (Å²) in [5.41, 5.74) is -2.02. The lowest BCUT2D eigenvalue weighted by Crippen LogP contribution is -2.59. The number of aromatic nitrogens is 3. The number of aryl methyl sites for hydroxylation is 1. The van der Waals surface area contributed by atoms with Crippen molar-refractivity contribution in [3.8, 4) is 16.5 Å². The van der Waals surface area contributed by atoms with E-state index >= 15 is 0 Å². The van der Waals surface area contributed by atoms with Crippen molar-refractivity contribution in [1.29, 1.82) is 0 Å². The molecule has 0 radical (unpaired) electrons. The van der Waals surface area contributed by atoms with E-state index in [2.05, 4.69) is 4.98 Å².